The lowest BCUT2D eigenvalue weighted by molar-refractivity contribution is 0.0187. The third kappa shape index (κ3) is 5.62. The molecule has 1 aliphatic rings. The van der Waals surface area contributed by atoms with Crippen molar-refractivity contribution in [3.8, 4) is 0 Å². The number of pyridine rings is 1. The monoisotopic (exact) mass is 348 g/mol. The third-order valence-corrected chi connectivity index (χ3v) is 3.88. The van der Waals surface area contributed by atoms with Crippen LogP contribution in [0.4, 0.5) is 10.5 Å². The number of rotatable bonds is 3. The molecule has 0 aromatic carbocycles. The van der Waals surface area contributed by atoms with Crippen LogP contribution in [0.15, 0.2) is 28.1 Å². The Hall–Kier alpha value is -2.31. The minimum atomic E-state index is -0.492. The summed E-state index contributed by atoms with van der Waals surface area (Å²) in [6.07, 6.45) is 4.64. The van der Waals surface area contributed by atoms with Crippen LogP contribution in [0, 0.1) is 0 Å². The van der Waals surface area contributed by atoms with Gasteiger partial charge in [-0.3, -0.25) is 4.79 Å². The lowest BCUT2D eigenvalue weighted by Gasteiger charge is -2.34. The van der Waals surface area contributed by atoms with Gasteiger partial charge in [0.2, 0.25) is 0 Å². The molecule has 0 unspecified atom stereocenters. The maximum Gasteiger partial charge on any atom is 0.410 e. The van der Waals surface area contributed by atoms with Gasteiger partial charge in [-0.15, -0.1) is 0 Å². The van der Waals surface area contributed by atoms with Crippen molar-refractivity contribution < 1.29 is 9.53 Å². The molecule has 0 saturated carbocycles. The van der Waals surface area contributed by atoms with Crippen molar-refractivity contribution >= 4 is 18.1 Å². The summed E-state index contributed by atoms with van der Waals surface area (Å²) in [5.74, 6) is 0. The number of amides is 1. The van der Waals surface area contributed by atoms with Crippen LogP contribution >= 0.6 is 0 Å². The first-order chi connectivity index (χ1) is 11.7. The number of aliphatic imine (C=N–C) groups is 1. The van der Waals surface area contributed by atoms with E-state index >= 15 is 0 Å². The summed E-state index contributed by atoms with van der Waals surface area (Å²) in [4.78, 5) is 32.2. The molecule has 138 valence electrons. The van der Waals surface area contributed by atoms with E-state index in [4.69, 9.17) is 4.74 Å². The zero-order chi connectivity index (χ0) is 18.6. The molecule has 0 N–H and O–H groups in total. The van der Waals surface area contributed by atoms with Gasteiger partial charge in [0.1, 0.15) is 5.60 Å². The van der Waals surface area contributed by atoms with Gasteiger partial charge >= 0.3 is 6.09 Å². The highest BCUT2D eigenvalue weighted by molar-refractivity contribution is 5.68. The Bertz CT molecular complexity index is 680. The molecule has 2 heterocycles. The van der Waals surface area contributed by atoms with Crippen molar-refractivity contribution in [3.63, 3.8) is 0 Å². The highest BCUT2D eigenvalue weighted by Gasteiger charge is 2.27. The zero-order valence-corrected chi connectivity index (χ0v) is 15.7. The summed E-state index contributed by atoms with van der Waals surface area (Å²) in [5, 5.41) is 0. The summed E-state index contributed by atoms with van der Waals surface area (Å²) < 4.78 is 7.14. The molecule has 1 amide bonds. The summed E-state index contributed by atoms with van der Waals surface area (Å²) in [6.45, 7) is 6.76. The van der Waals surface area contributed by atoms with Gasteiger partial charge in [0.15, 0.2) is 0 Å². The van der Waals surface area contributed by atoms with Gasteiger partial charge < -0.3 is 19.1 Å². The van der Waals surface area contributed by atoms with Gasteiger partial charge in [0.05, 0.1) is 12.0 Å². The Morgan fingerprint density at radius 1 is 1.32 bits per heavy atom. The number of piperidine rings is 1. The predicted octanol–water partition coefficient (Wildman–Crippen LogP) is 2.64. The highest BCUT2D eigenvalue weighted by atomic mass is 16.6. The van der Waals surface area contributed by atoms with Crippen LogP contribution in [-0.4, -0.2) is 59.6 Å². The van der Waals surface area contributed by atoms with E-state index in [1.54, 1.807) is 28.1 Å². The van der Waals surface area contributed by atoms with E-state index in [-0.39, 0.29) is 17.7 Å². The molecule has 1 saturated heterocycles. The van der Waals surface area contributed by atoms with E-state index in [9.17, 15) is 9.59 Å². The van der Waals surface area contributed by atoms with Crippen LogP contribution in [0.2, 0.25) is 0 Å². The van der Waals surface area contributed by atoms with Crippen LogP contribution < -0.4 is 5.56 Å². The molecule has 0 bridgehead atoms. The van der Waals surface area contributed by atoms with Crippen molar-refractivity contribution in [2.45, 2.75) is 45.3 Å². The molecule has 0 atom stereocenters. The molecular formula is C18H28N4O3. The fourth-order valence-electron chi connectivity index (χ4n) is 2.70. The molecule has 2 rings (SSSR count). The molecule has 0 spiro atoms. The number of aromatic nitrogens is 1. The number of carbonyl (C=O) groups excluding carboxylic acids is 1. The molecule has 7 nitrogen and oxygen atoms in total. The summed E-state index contributed by atoms with van der Waals surface area (Å²) in [7, 11) is 3.76. The second-order valence-corrected chi connectivity index (χ2v) is 7.54. The van der Waals surface area contributed by atoms with Gasteiger partial charge in [-0.1, -0.05) is 0 Å². The van der Waals surface area contributed by atoms with Gasteiger partial charge in [-0.05, 0) is 39.7 Å². The Morgan fingerprint density at radius 3 is 2.48 bits per heavy atom. The topological polar surface area (TPSA) is 67.1 Å². The van der Waals surface area contributed by atoms with Crippen molar-refractivity contribution in [1.29, 1.82) is 0 Å². The molecule has 7 heteroatoms. The van der Waals surface area contributed by atoms with E-state index in [0.29, 0.717) is 18.8 Å². The van der Waals surface area contributed by atoms with E-state index < -0.39 is 5.60 Å². The molecule has 1 aromatic rings. The minimum Gasteiger partial charge on any atom is -0.444 e. The van der Waals surface area contributed by atoms with Gasteiger partial charge in [-0.25, -0.2) is 9.79 Å². The largest absolute Gasteiger partial charge is 0.444 e. The normalized spacial score (nSPS) is 16.3. The number of hydrogen-bond acceptors (Lipinski definition) is 4. The fraction of sp³-hybridized carbons (Fsp3) is 0.611. The minimum absolute atomic E-state index is 0.0656. The molecule has 25 heavy (non-hydrogen) atoms. The Morgan fingerprint density at radius 2 is 1.96 bits per heavy atom. The van der Waals surface area contributed by atoms with E-state index in [2.05, 4.69) is 4.99 Å². The smallest absolute Gasteiger partial charge is 0.410 e. The van der Waals surface area contributed by atoms with Gasteiger partial charge in [0.25, 0.3) is 5.56 Å². The van der Waals surface area contributed by atoms with E-state index in [0.717, 1.165) is 12.8 Å². The fourth-order valence-corrected chi connectivity index (χ4v) is 2.70. The SMILES string of the molecule is CN(C)/C=N/c1ccn(C2CCN(C(=O)OC(C)(C)C)CC2)c(=O)c1. The Balaban J connectivity index is 1.99. The molecule has 0 radical (unpaired) electrons. The number of ether oxygens (including phenoxy) is 1. The first kappa shape index (κ1) is 19.0. The Labute approximate surface area is 148 Å². The van der Waals surface area contributed by atoms with Crippen LogP contribution in [0.3, 0.4) is 0 Å². The average molecular weight is 348 g/mol. The van der Waals surface area contributed by atoms with Crippen molar-refractivity contribution in [2.24, 2.45) is 4.99 Å². The number of hydrogen-bond donors (Lipinski definition) is 0. The summed E-state index contributed by atoms with van der Waals surface area (Å²) >= 11 is 0. The van der Waals surface area contributed by atoms with Crippen LogP contribution in [0.1, 0.15) is 39.7 Å². The van der Waals surface area contributed by atoms with Gasteiger partial charge in [0, 0.05) is 45.5 Å². The van der Waals surface area contributed by atoms with Crippen molar-refractivity contribution in [3.05, 3.63) is 28.7 Å². The third-order valence-electron chi connectivity index (χ3n) is 3.88. The van der Waals surface area contributed by atoms with Gasteiger partial charge in [-0.2, -0.15) is 0 Å². The number of likely N-dealkylation sites (tertiary alicyclic amines) is 1. The molecule has 1 aromatic heterocycles. The predicted molar refractivity (Wildman–Crippen MR) is 98.6 cm³/mol. The van der Waals surface area contributed by atoms with Crippen molar-refractivity contribution in [2.75, 3.05) is 27.2 Å². The number of carbonyl (C=O) groups is 1. The molecular weight excluding hydrogens is 320 g/mol. The second-order valence-electron chi connectivity index (χ2n) is 7.54. The lowest BCUT2D eigenvalue weighted by atomic mass is 10.0. The summed E-state index contributed by atoms with van der Waals surface area (Å²) in [5.41, 5.74) is 0.0820. The maximum absolute atomic E-state index is 12.4. The standard InChI is InChI=1S/C18H28N4O3/c1-18(2,3)25-17(24)21-9-7-15(8-10-21)22-11-6-14(12-16(22)23)19-13-20(4)5/h6,11-13,15H,7-10H2,1-5H3/b19-13+. The lowest BCUT2D eigenvalue weighted by Crippen LogP contribution is -2.43. The molecule has 1 fully saturated rings. The van der Waals surface area contributed by atoms with Crippen LogP contribution in [-0.2, 0) is 4.74 Å². The maximum atomic E-state index is 12.4. The quantitative estimate of drug-likeness (QED) is 0.622. The first-order valence-electron chi connectivity index (χ1n) is 8.56. The first-order valence-corrected chi connectivity index (χ1v) is 8.56. The van der Waals surface area contributed by atoms with Crippen LogP contribution in [0.5, 0.6) is 0 Å². The Kier molecular flexibility index (Phi) is 5.87. The number of nitrogens with zero attached hydrogens (tertiary/aromatic N) is 4. The second kappa shape index (κ2) is 7.72. The van der Waals surface area contributed by atoms with Crippen molar-refractivity contribution in [1.82, 2.24) is 14.4 Å². The zero-order valence-electron chi connectivity index (χ0n) is 15.7. The van der Waals surface area contributed by atoms with E-state index in [1.165, 1.54) is 0 Å². The molecule has 1 aliphatic heterocycles. The summed E-state index contributed by atoms with van der Waals surface area (Å²) in [6, 6.07) is 3.47. The van der Waals surface area contributed by atoms with E-state index in [1.807, 2.05) is 45.8 Å². The average Bonchev–Trinajstić information content (AvgIpc) is 2.51. The van der Waals surface area contributed by atoms with Crippen LogP contribution in [0.25, 0.3) is 0 Å². The molecule has 0 aliphatic carbocycles. The highest BCUT2D eigenvalue weighted by Crippen LogP contribution is 2.23.